The first-order valence-electron chi connectivity index (χ1n) is 12.4. The molecular weight excluding hydrogens is 456 g/mol. The number of carbonyl (C=O) groups excluding carboxylic acids is 2. The Morgan fingerprint density at radius 2 is 1.75 bits per heavy atom. The highest BCUT2D eigenvalue weighted by Gasteiger charge is 2.31. The normalized spacial score (nSPS) is 17.1. The number of ether oxygens (including phenoxy) is 1. The lowest BCUT2D eigenvalue weighted by Gasteiger charge is -2.37. The highest BCUT2D eigenvalue weighted by atomic mass is 16.6. The topological polar surface area (TPSA) is 89.8 Å². The summed E-state index contributed by atoms with van der Waals surface area (Å²) in [5, 5.41) is 2.55. The molecule has 36 heavy (non-hydrogen) atoms. The Hall–Kier alpha value is -3.88. The third kappa shape index (κ3) is 5.05. The second kappa shape index (κ2) is 9.64. The van der Waals surface area contributed by atoms with Crippen LogP contribution < -0.4 is 15.1 Å². The number of anilines is 2. The minimum atomic E-state index is -0.594. The number of nitrogens with zero attached hydrogens (tertiary/aromatic N) is 5. The van der Waals surface area contributed by atoms with Gasteiger partial charge in [-0.25, -0.2) is 9.79 Å². The first-order chi connectivity index (χ1) is 17.3. The average molecular weight is 489 g/mol. The maximum atomic E-state index is 12.6. The zero-order chi connectivity index (χ0) is 25.3. The number of benzene rings is 2. The molecule has 9 nitrogen and oxygen atoms in total. The van der Waals surface area contributed by atoms with E-state index in [-0.39, 0.29) is 12.5 Å². The monoisotopic (exact) mass is 488 g/mol. The van der Waals surface area contributed by atoms with Gasteiger partial charge in [0.25, 0.3) is 0 Å². The molecule has 2 aromatic carbocycles. The van der Waals surface area contributed by atoms with Crippen LogP contribution in [0.15, 0.2) is 58.5 Å². The van der Waals surface area contributed by atoms with Gasteiger partial charge in [-0.15, -0.1) is 0 Å². The molecule has 3 aliphatic rings. The quantitative estimate of drug-likeness (QED) is 0.714. The lowest BCUT2D eigenvalue weighted by Crippen LogP contribution is -2.51. The van der Waals surface area contributed by atoms with Crippen molar-refractivity contribution in [3.8, 4) is 0 Å². The third-order valence-electron chi connectivity index (χ3n) is 6.36. The summed E-state index contributed by atoms with van der Waals surface area (Å²) in [4.78, 5) is 40.5. The van der Waals surface area contributed by atoms with Gasteiger partial charge in [0.05, 0.1) is 17.9 Å². The van der Waals surface area contributed by atoms with Crippen molar-refractivity contribution in [2.24, 2.45) is 9.98 Å². The second-order valence-corrected chi connectivity index (χ2v) is 10.1. The van der Waals surface area contributed by atoms with Crippen molar-refractivity contribution < 1.29 is 14.3 Å². The van der Waals surface area contributed by atoms with Crippen LogP contribution in [-0.4, -0.2) is 79.9 Å². The molecule has 2 aromatic rings. The van der Waals surface area contributed by atoms with E-state index in [0.29, 0.717) is 13.1 Å². The van der Waals surface area contributed by atoms with Gasteiger partial charge in [-0.1, -0.05) is 30.3 Å². The minimum Gasteiger partial charge on any atom is -0.444 e. The molecule has 0 spiro atoms. The second-order valence-electron chi connectivity index (χ2n) is 10.1. The zero-order valence-electron chi connectivity index (χ0n) is 21.0. The van der Waals surface area contributed by atoms with Crippen LogP contribution in [-0.2, 0) is 9.53 Å². The van der Waals surface area contributed by atoms with E-state index in [9.17, 15) is 9.59 Å². The molecule has 0 bridgehead atoms. The number of nitrogens with one attached hydrogen (secondary N) is 1. The average Bonchev–Trinajstić information content (AvgIpc) is 3.37. The Morgan fingerprint density at radius 3 is 2.47 bits per heavy atom. The van der Waals surface area contributed by atoms with Gasteiger partial charge >= 0.3 is 6.09 Å². The third-order valence-corrected chi connectivity index (χ3v) is 6.36. The summed E-state index contributed by atoms with van der Waals surface area (Å²) in [6.07, 6.45) is -0.577. The molecule has 0 saturated carbocycles. The number of hydrogen-bond donors (Lipinski definition) is 1. The minimum absolute atomic E-state index is 0.0629. The maximum Gasteiger partial charge on any atom is 0.408 e. The van der Waals surface area contributed by atoms with Gasteiger partial charge in [-0.2, -0.15) is 0 Å². The first kappa shape index (κ1) is 23.8. The Bertz CT molecular complexity index is 1210. The van der Waals surface area contributed by atoms with Crippen molar-refractivity contribution in [3.05, 3.63) is 54.1 Å². The van der Waals surface area contributed by atoms with E-state index in [1.54, 1.807) is 25.7 Å². The summed E-state index contributed by atoms with van der Waals surface area (Å²) in [5.41, 5.74) is 4.52. The number of aliphatic imine (C=N–C) groups is 2. The van der Waals surface area contributed by atoms with E-state index in [4.69, 9.17) is 14.7 Å². The molecular formula is C27H32N6O3. The summed E-state index contributed by atoms with van der Waals surface area (Å²) in [6, 6.07) is 16.6. The molecule has 1 saturated heterocycles. The van der Waals surface area contributed by atoms with E-state index in [2.05, 4.69) is 45.4 Å². The van der Waals surface area contributed by atoms with Gasteiger partial charge < -0.3 is 24.8 Å². The summed E-state index contributed by atoms with van der Waals surface area (Å²) >= 11 is 0. The molecule has 1 N–H and O–H groups in total. The van der Waals surface area contributed by atoms with E-state index < -0.39 is 11.7 Å². The van der Waals surface area contributed by atoms with Crippen molar-refractivity contribution in [2.75, 3.05) is 55.6 Å². The van der Waals surface area contributed by atoms with Crippen LogP contribution in [0.3, 0.4) is 0 Å². The maximum absolute atomic E-state index is 12.6. The first-order valence-corrected chi connectivity index (χ1v) is 12.4. The molecule has 3 heterocycles. The van der Waals surface area contributed by atoms with Gasteiger partial charge in [0.1, 0.15) is 17.9 Å². The molecule has 0 aromatic heterocycles. The predicted molar refractivity (Wildman–Crippen MR) is 142 cm³/mol. The number of rotatable bonds is 4. The van der Waals surface area contributed by atoms with Crippen molar-refractivity contribution in [1.82, 2.24) is 10.2 Å². The van der Waals surface area contributed by atoms with Crippen LogP contribution in [0.1, 0.15) is 26.3 Å². The van der Waals surface area contributed by atoms with E-state index >= 15 is 0 Å². The molecule has 0 radical (unpaired) electrons. The Kier molecular flexibility index (Phi) is 6.38. The molecule has 2 amide bonds. The highest BCUT2D eigenvalue weighted by Crippen LogP contribution is 2.38. The number of hydrogen-bond acceptors (Lipinski definition) is 7. The van der Waals surface area contributed by atoms with E-state index in [0.717, 1.165) is 60.4 Å². The van der Waals surface area contributed by atoms with Crippen LogP contribution in [0.5, 0.6) is 0 Å². The van der Waals surface area contributed by atoms with Gasteiger partial charge in [0, 0.05) is 44.0 Å². The van der Waals surface area contributed by atoms with Crippen LogP contribution in [0.25, 0.3) is 0 Å². The van der Waals surface area contributed by atoms with E-state index in [1.807, 2.05) is 18.2 Å². The SMILES string of the molecule is CC(C)(C)OC(=O)NCC(=O)N1CCN(c2ccc3c(c2)N2CCN=C2C(c2ccccc2)=N3)CC1. The van der Waals surface area contributed by atoms with Crippen LogP contribution in [0, 0.1) is 0 Å². The van der Waals surface area contributed by atoms with Gasteiger partial charge in [0.2, 0.25) is 5.91 Å². The molecule has 5 rings (SSSR count). The molecule has 188 valence electrons. The Morgan fingerprint density at radius 1 is 1.00 bits per heavy atom. The smallest absolute Gasteiger partial charge is 0.408 e. The Labute approximate surface area is 211 Å². The summed E-state index contributed by atoms with van der Waals surface area (Å²) in [7, 11) is 0. The number of alkyl carbamates (subject to hydrolysis) is 1. The molecule has 0 atom stereocenters. The van der Waals surface area contributed by atoms with Gasteiger partial charge in [-0.05, 0) is 39.0 Å². The molecule has 0 aliphatic carbocycles. The standard InChI is InChI=1S/C27H32N6O3/c1-27(2,3)36-26(35)29-18-23(34)32-15-13-31(14-16-32)20-9-10-21-22(17-20)33-12-11-28-25(33)24(30-21)19-7-5-4-6-8-19/h4-10,17H,11-16,18H2,1-3H3,(H,29,35). The molecule has 3 aliphatic heterocycles. The lowest BCUT2D eigenvalue weighted by molar-refractivity contribution is -0.130. The number of amidine groups is 1. The van der Waals surface area contributed by atoms with Crippen LogP contribution in [0.4, 0.5) is 21.9 Å². The zero-order valence-corrected chi connectivity index (χ0v) is 21.0. The summed E-state index contributed by atoms with van der Waals surface area (Å²) in [5.74, 6) is 0.824. The molecule has 0 unspecified atom stereocenters. The van der Waals surface area contributed by atoms with Gasteiger partial charge in [-0.3, -0.25) is 9.79 Å². The Balaban J connectivity index is 1.24. The number of carbonyl (C=O) groups is 2. The fourth-order valence-electron chi connectivity index (χ4n) is 4.65. The molecule has 9 heteroatoms. The van der Waals surface area contributed by atoms with Crippen LogP contribution in [0.2, 0.25) is 0 Å². The number of piperazine rings is 1. The van der Waals surface area contributed by atoms with Crippen LogP contribution >= 0.6 is 0 Å². The fraction of sp³-hybridized carbons (Fsp3) is 0.407. The predicted octanol–water partition coefficient (Wildman–Crippen LogP) is 3.21. The fourth-order valence-corrected chi connectivity index (χ4v) is 4.65. The summed E-state index contributed by atoms with van der Waals surface area (Å²) in [6.45, 7) is 9.53. The van der Waals surface area contributed by atoms with Crippen molar-refractivity contribution >= 4 is 40.6 Å². The highest BCUT2D eigenvalue weighted by molar-refractivity contribution is 6.53. The molecule has 1 fully saturated rings. The lowest BCUT2D eigenvalue weighted by atomic mass is 10.0. The largest absolute Gasteiger partial charge is 0.444 e. The number of amides is 2. The van der Waals surface area contributed by atoms with Gasteiger partial charge in [0.15, 0.2) is 5.84 Å². The van der Waals surface area contributed by atoms with E-state index in [1.165, 1.54) is 0 Å². The van der Waals surface area contributed by atoms with Crippen molar-refractivity contribution in [3.63, 3.8) is 0 Å². The number of fused-ring (bicyclic) bond motifs is 3. The summed E-state index contributed by atoms with van der Waals surface area (Å²) < 4.78 is 5.21. The van der Waals surface area contributed by atoms with Crippen molar-refractivity contribution in [1.29, 1.82) is 0 Å². The van der Waals surface area contributed by atoms with Crippen molar-refractivity contribution in [2.45, 2.75) is 26.4 Å².